The van der Waals surface area contributed by atoms with E-state index in [4.69, 9.17) is 0 Å². The van der Waals surface area contributed by atoms with Crippen molar-refractivity contribution in [2.45, 2.75) is 20.8 Å². The summed E-state index contributed by atoms with van der Waals surface area (Å²) in [7, 11) is 2.01. The first-order chi connectivity index (χ1) is 7.07. The first-order valence-corrected chi connectivity index (χ1v) is 5.08. The highest BCUT2D eigenvalue weighted by Gasteiger charge is 2.12. The van der Waals surface area contributed by atoms with E-state index in [1.807, 2.05) is 26.2 Å². The molecule has 0 saturated carbocycles. The van der Waals surface area contributed by atoms with Crippen molar-refractivity contribution in [3.8, 4) is 0 Å². The maximum atomic E-state index is 11.1. The van der Waals surface area contributed by atoms with Gasteiger partial charge in [-0.3, -0.25) is 4.79 Å². The third-order valence-corrected chi connectivity index (χ3v) is 3.36. The Morgan fingerprint density at radius 3 is 2.40 bits per heavy atom. The van der Waals surface area contributed by atoms with Crippen molar-refractivity contribution < 1.29 is 4.79 Å². The van der Waals surface area contributed by atoms with E-state index in [9.17, 15) is 4.79 Å². The zero-order valence-corrected chi connectivity index (χ0v) is 9.59. The van der Waals surface area contributed by atoms with Gasteiger partial charge < -0.3 is 4.57 Å². The Kier molecular flexibility index (Phi) is 2.14. The number of aromatic nitrogens is 1. The van der Waals surface area contributed by atoms with E-state index >= 15 is 0 Å². The molecule has 1 aromatic heterocycles. The molecule has 2 heteroatoms. The number of fused-ring (bicyclic) bond motifs is 1. The molecule has 1 heterocycles. The summed E-state index contributed by atoms with van der Waals surface area (Å²) in [5.41, 5.74) is 5.57. The largest absolute Gasteiger partial charge is 0.350 e. The molecule has 0 unspecified atom stereocenters. The molecule has 15 heavy (non-hydrogen) atoms. The molecule has 0 fully saturated rings. The predicted molar refractivity (Wildman–Crippen MR) is 62.5 cm³/mol. The average molecular weight is 201 g/mol. The fourth-order valence-corrected chi connectivity index (χ4v) is 2.23. The van der Waals surface area contributed by atoms with Crippen molar-refractivity contribution in [2.24, 2.45) is 7.05 Å². The van der Waals surface area contributed by atoms with Crippen LogP contribution in [0.5, 0.6) is 0 Å². The highest BCUT2D eigenvalue weighted by molar-refractivity contribution is 6.00. The van der Waals surface area contributed by atoms with E-state index in [0.29, 0.717) is 0 Å². The second kappa shape index (κ2) is 3.23. The van der Waals surface area contributed by atoms with Gasteiger partial charge in [0, 0.05) is 24.2 Å². The zero-order valence-electron chi connectivity index (χ0n) is 9.59. The number of rotatable bonds is 1. The van der Waals surface area contributed by atoms with Crippen LogP contribution in [0.25, 0.3) is 10.9 Å². The van der Waals surface area contributed by atoms with Gasteiger partial charge in [-0.15, -0.1) is 0 Å². The van der Waals surface area contributed by atoms with Crippen LogP contribution < -0.4 is 0 Å². The minimum atomic E-state index is 0.828. The summed E-state index contributed by atoms with van der Waals surface area (Å²) in [6, 6.07) is 2.01. The van der Waals surface area contributed by atoms with Crippen molar-refractivity contribution in [3.63, 3.8) is 0 Å². The molecule has 0 aliphatic heterocycles. The van der Waals surface area contributed by atoms with Crippen molar-refractivity contribution in [1.29, 1.82) is 0 Å². The van der Waals surface area contributed by atoms with Gasteiger partial charge in [0.15, 0.2) is 6.29 Å². The van der Waals surface area contributed by atoms with E-state index in [1.165, 1.54) is 16.6 Å². The quantitative estimate of drug-likeness (QED) is 0.650. The Bertz CT molecular complexity index is 549. The van der Waals surface area contributed by atoms with Crippen LogP contribution in [-0.2, 0) is 7.05 Å². The standard InChI is InChI=1S/C13H15NO/c1-8-9(2)12(7-15)11-5-6-14(4)13(11)10(8)3/h5-7H,1-4H3. The van der Waals surface area contributed by atoms with Crippen LogP contribution >= 0.6 is 0 Å². The van der Waals surface area contributed by atoms with Crippen LogP contribution in [0.2, 0.25) is 0 Å². The van der Waals surface area contributed by atoms with Gasteiger partial charge >= 0.3 is 0 Å². The first kappa shape index (κ1) is 9.97. The maximum Gasteiger partial charge on any atom is 0.151 e. The van der Waals surface area contributed by atoms with Gasteiger partial charge in [0.25, 0.3) is 0 Å². The molecule has 0 spiro atoms. The topological polar surface area (TPSA) is 22.0 Å². The fourth-order valence-electron chi connectivity index (χ4n) is 2.23. The normalized spacial score (nSPS) is 10.9. The minimum Gasteiger partial charge on any atom is -0.350 e. The van der Waals surface area contributed by atoms with Crippen molar-refractivity contribution in [1.82, 2.24) is 4.57 Å². The number of nitrogens with zero attached hydrogens (tertiary/aromatic N) is 1. The van der Waals surface area contributed by atoms with Gasteiger partial charge in [-0.05, 0) is 43.5 Å². The average Bonchev–Trinajstić information content (AvgIpc) is 2.58. The summed E-state index contributed by atoms with van der Waals surface area (Å²) in [6.45, 7) is 6.20. The van der Waals surface area contributed by atoms with E-state index < -0.39 is 0 Å². The first-order valence-electron chi connectivity index (χ1n) is 5.08. The zero-order chi connectivity index (χ0) is 11.2. The molecule has 0 radical (unpaired) electrons. The van der Waals surface area contributed by atoms with Crippen LogP contribution in [0.1, 0.15) is 27.0 Å². The Morgan fingerprint density at radius 2 is 1.80 bits per heavy atom. The van der Waals surface area contributed by atoms with Crippen molar-refractivity contribution >= 4 is 17.2 Å². The molecular weight excluding hydrogens is 186 g/mol. The monoisotopic (exact) mass is 201 g/mol. The van der Waals surface area contributed by atoms with E-state index in [-0.39, 0.29) is 0 Å². The van der Waals surface area contributed by atoms with Gasteiger partial charge in [-0.1, -0.05) is 0 Å². The van der Waals surface area contributed by atoms with Crippen LogP contribution in [0.15, 0.2) is 12.3 Å². The Labute approximate surface area is 89.5 Å². The lowest BCUT2D eigenvalue weighted by Gasteiger charge is -2.11. The number of hydrogen-bond acceptors (Lipinski definition) is 1. The molecule has 0 amide bonds. The van der Waals surface area contributed by atoms with E-state index in [2.05, 4.69) is 18.4 Å². The smallest absolute Gasteiger partial charge is 0.151 e. The summed E-state index contributed by atoms with van der Waals surface area (Å²) in [6.07, 6.45) is 2.97. The number of hydrogen-bond donors (Lipinski definition) is 0. The fraction of sp³-hybridized carbons (Fsp3) is 0.308. The second-order valence-electron chi connectivity index (χ2n) is 4.10. The molecule has 2 aromatic rings. The van der Waals surface area contributed by atoms with Crippen LogP contribution in [0, 0.1) is 20.8 Å². The number of benzene rings is 1. The third-order valence-electron chi connectivity index (χ3n) is 3.36. The molecule has 2 nitrogen and oxygen atoms in total. The molecule has 0 aliphatic rings. The van der Waals surface area contributed by atoms with Gasteiger partial charge in [0.1, 0.15) is 0 Å². The summed E-state index contributed by atoms with van der Waals surface area (Å²) in [5.74, 6) is 0. The molecule has 0 atom stereocenters. The molecule has 2 rings (SSSR count). The van der Waals surface area contributed by atoms with Crippen molar-refractivity contribution in [3.05, 3.63) is 34.5 Å². The number of carbonyl (C=O) groups is 1. The summed E-state index contributed by atoms with van der Waals surface area (Å²) >= 11 is 0. The van der Waals surface area contributed by atoms with E-state index in [0.717, 1.165) is 22.8 Å². The summed E-state index contributed by atoms with van der Waals surface area (Å²) in [5, 5.41) is 1.06. The number of aryl methyl sites for hydroxylation is 2. The third kappa shape index (κ3) is 1.21. The molecule has 0 bridgehead atoms. The number of carbonyl (C=O) groups excluding carboxylic acids is 1. The minimum absolute atomic E-state index is 0.828. The second-order valence-corrected chi connectivity index (χ2v) is 4.10. The molecule has 1 aromatic carbocycles. The van der Waals surface area contributed by atoms with E-state index in [1.54, 1.807) is 0 Å². The molecule has 0 saturated heterocycles. The van der Waals surface area contributed by atoms with Gasteiger partial charge in [0.2, 0.25) is 0 Å². The predicted octanol–water partition coefficient (Wildman–Crippen LogP) is 2.92. The highest BCUT2D eigenvalue weighted by atomic mass is 16.1. The van der Waals surface area contributed by atoms with Crippen molar-refractivity contribution in [2.75, 3.05) is 0 Å². The summed E-state index contributed by atoms with van der Waals surface area (Å²) in [4.78, 5) is 11.1. The number of aldehydes is 1. The SMILES string of the molecule is Cc1c(C)c(C)c2c(ccn2C)c1C=O. The maximum absolute atomic E-state index is 11.1. The van der Waals surface area contributed by atoms with Crippen LogP contribution in [0.3, 0.4) is 0 Å². The van der Waals surface area contributed by atoms with Gasteiger partial charge in [-0.2, -0.15) is 0 Å². The molecule has 0 aliphatic carbocycles. The molecular formula is C13H15NO. The lowest BCUT2D eigenvalue weighted by molar-refractivity contribution is 0.112. The molecule has 0 N–H and O–H groups in total. The van der Waals surface area contributed by atoms with Gasteiger partial charge in [-0.25, -0.2) is 0 Å². The Hall–Kier alpha value is -1.57. The Balaban J connectivity index is 3.06. The van der Waals surface area contributed by atoms with Crippen LogP contribution in [-0.4, -0.2) is 10.9 Å². The lowest BCUT2D eigenvalue weighted by Crippen LogP contribution is -1.98. The van der Waals surface area contributed by atoms with Gasteiger partial charge in [0.05, 0.1) is 5.52 Å². The Morgan fingerprint density at radius 1 is 1.13 bits per heavy atom. The summed E-state index contributed by atoms with van der Waals surface area (Å²) < 4.78 is 2.07. The lowest BCUT2D eigenvalue weighted by atomic mass is 9.95. The van der Waals surface area contributed by atoms with Crippen LogP contribution in [0.4, 0.5) is 0 Å². The highest BCUT2D eigenvalue weighted by Crippen LogP contribution is 2.28. The molecule has 78 valence electrons.